The van der Waals surface area contributed by atoms with E-state index >= 15 is 0 Å². The molecule has 2 aromatic rings. The summed E-state index contributed by atoms with van der Waals surface area (Å²) in [5.41, 5.74) is 1.97. The summed E-state index contributed by atoms with van der Waals surface area (Å²) in [5, 5.41) is 11.8. The molecule has 1 aromatic carbocycles. The van der Waals surface area contributed by atoms with E-state index in [1.165, 1.54) is 0 Å². The van der Waals surface area contributed by atoms with Gasteiger partial charge in [-0.3, -0.25) is 9.78 Å². The molecule has 4 nitrogen and oxygen atoms in total. The zero-order valence-corrected chi connectivity index (χ0v) is 16.1. The number of aromatic hydroxyl groups is 1. The first-order chi connectivity index (χ1) is 11.3. The molecule has 0 unspecified atom stereocenters. The number of para-hydroxylation sites is 1. The average Bonchev–Trinajstić information content (AvgIpc) is 2.55. The fraction of sp³-hybridized carbons (Fsp3) is 0.368. The van der Waals surface area contributed by atoms with Crippen LogP contribution in [0.3, 0.4) is 0 Å². The summed E-state index contributed by atoms with van der Waals surface area (Å²) in [6.45, 7) is 11.8. The highest BCUT2D eigenvalue weighted by atomic mass is 28.3. The maximum Gasteiger partial charge on any atom is 0.256 e. The van der Waals surface area contributed by atoms with Gasteiger partial charge in [0, 0.05) is 36.6 Å². The molecule has 0 radical (unpaired) electrons. The van der Waals surface area contributed by atoms with Gasteiger partial charge >= 0.3 is 0 Å². The number of phenolic OH excluding ortho intramolecular Hbond substituents is 1. The molecule has 0 aliphatic carbocycles. The zero-order chi connectivity index (χ0) is 17.9. The maximum absolute atomic E-state index is 12.8. The number of hydrogen-bond donors (Lipinski definition) is 1. The predicted octanol–water partition coefficient (Wildman–Crippen LogP) is 3.48. The molecule has 1 N–H and O–H groups in total. The van der Waals surface area contributed by atoms with E-state index in [9.17, 15) is 9.90 Å². The van der Waals surface area contributed by atoms with Crippen molar-refractivity contribution in [3.05, 3.63) is 42.2 Å². The first-order valence-corrected chi connectivity index (χ1v) is 11.9. The van der Waals surface area contributed by atoms with E-state index in [2.05, 4.69) is 24.6 Å². The van der Waals surface area contributed by atoms with Gasteiger partial charge in [-0.2, -0.15) is 0 Å². The molecular formula is C19H26N2O2Si. The second kappa shape index (κ2) is 7.17. The zero-order valence-electron chi connectivity index (χ0n) is 15.1. The van der Waals surface area contributed by atoms with Crippen molar-refractivity contribution in [2.75, 3.05) is 13.1 Å². The van der Waals surface area contributed by atoms with E-state index in [0.717, 1.165) is 10.8 Å². The number of carbonyl (C=O) groups excluding carboxylic acids is 1. The van der Waals surface area contributed by atoms with Gasteiger partial charge in [-0.1, -0.05) is 37.8 Å². The second-order valence-corrected chi connectivity index (χ2v) is 11.9. The van der Waals surface area contributed by atoms with Crippen molar-refractivity contribution in [1.29, 1.82) is 0 Å². The Morgan fingerprint density at radius 2 is 1.79 bits per heavy atom. The molecule has 1 heterocycles. The molecule has 1 amide bonds. The number of aromatic nitrogens is 1. The second-order valence-electron chi connectivity index (χ2n) is 6.85. The van der Waals surface area contributed by atoms with Crippen LogP contribution in [-0.2, 0) is 0 Å². The third-order valence-electron chi connectivity index (χ3n) is 4.24. The highest BCUT2D eigenvalue weighted by molar-refractivity contribution is 6.89. The Morgan fingerprint density at radius 3 is 2.38 bits per heavy atom. The molecule has 5 heteroatoms. The Labute approximate surface area is 145 Å². The van der Waals surface area contributed by atoms with Crippen LogP contribution in [0.5, 0.6) is 5.75 Å². The third kappa shape index (κ3) is 3.51. The van der Waals surface area contributed by atoms with Crippen LogP contribution in [0.15, 0.2) is 36.7 Å². The highest BCUT2D eigenvalue weighted by Crippen LogP contribution is 2.32. The normalized spacial score (nSPS) is 11.4. The van der Waals surface area contributed by atoms with E-state index in [1.54, 1.807) is 23.4 Å². The molecule has 1 aromatic heterocycles. The standard InChI is InChI=1S/C19H26N2O2Si/c1-6-21(7-2)19(23)16-13-20-12-11-14(16)15-9-8-10-17(18(15)22)24(3,4)5/h8-13,22H,6-7H2,1-5H3. The molecule has 0 spiro atoms. The molecule has 0 aliphatic rings. The van der Waals surface area contributed by atoms with Gasteiger partial charge in [-0.05, 0) is 25.1 Å². The van der Waals surface area contributed by atoms with Crippen LogP contribution in [0, 0.1) is 0 Å². The number of carbonyl (C=O) groups is 1. The lowest BCUT2D eigenvalue weighted by atomic mass is 10.00. The lowest BCUT2D eigenvalue weighted by Gasteiger charge is -2.22. The van der Waals surface area contributed by atoms with E-state index in [1.807, 2.05) is 32.0 Å². The summed E-state index contributed by atoms with van der Waals surface area (Å²) in [4.78, 5) is 18.7. The first-order valence-electron chi connectivity index (χ1n) is 8.37. The van der Waals surface area contributed by atoms with E-state index in [-0.39, 0.29) is 11.7 Å². The number of nitrogens with zero attached hydrogens (tertiary/aromatic N) is 2. The number of amides is 1. The molecule has 2 rings (SSSR count). The Morgan fingerprint density at radius 1 is 1.12 bits per heavy atom. The van der Waals surface area contributed by atoms with Gasteiger partial charge in [0.05, 0.1) is 13.6 Å². The minimum absolute atomic E-state index is 0.0547. The van der Waals surface area contributed by atoms with Crippen LogP contribution >= 0.6 is 0 Å². The summed E-state index contributed by atoms with van der Waals surface area (Å²) in [6.07, 6.45) is 3.26. The fourth-order valence-electron chi connectivity index (χ4n) is 2.85. The molecule has 0 fully saturated rings. The van der Waals surface area contributed by atoms with Crippen LogP contribution in [0.4, 0.5) is 0 Å². The molecule has 0 saturated heterocycles. The van der Waals surface area contributed by atoms with Crippen LogP contribution in [0.2, 0.25) is 19.6 Å². The number of rotatable bonds is 5. The SMILES string of the molecule is CCN(CC)C(=O)c1cnccc1-c1cccc([Si](C)(C)C)c1O. The van der Waals surface area contributed by atoms with Gasteiger partial charge in [0.25, 0.3) is 5.91 Å². The van der Waals surface area contributed by atoms with Crippen molar-refractivity contribution in [2.45, 2.75) is 33.5 Å². The van der Waals surface area contributed by atoms with Gasteiger partial charge in [0.2, 0.25) is 0 Å². The van der Waals surface area contributed by atoms with Crippen LogP contribution < -0.4 is 5.19 Å². The monoisotopic (exact) mass is 342 g/mol. The fourth-order valence-corrected chi connectivity index (χ4v) is 4.29. The molecule has 24 heavy (non-hydrogen) atoms. The molecule has 0 atom stereocenters. The minimum Gasteiger partial charge on any atom is -0.507 e. The molecular weight excluding hydrogens is 316 g/mol. The van der Waals surface area contributed by atoms with E-state index in [4.69, 9.17) is 0 Å². The smallest absolute Gasteiger partial charge is 0.256 e. The predicted molar refractivity (Wildman–Crippen MR) is 102 cm³/mol. The number of phenols is 1. The summed E-state index contributed by atoms with van der Waals surface area (Å²) in [5.74, 6) is 0.234. The lowest BCUT2D eigenvalue weighted by Crippen LogP contribution is -2.37. The summed E-state index contributed by atoms with van der Waals surface area (Å²) in [6, 6.07) is 7.61. The molecule has 0 bridgehead atoms. The Kier molecular flexibility index (Phi) is 5.44. The Bertz CT molecular complexity index is 734. The van der Waals surface area contributed by atoms with Crippen molar-refractivity contribution in [3.63, 3.8) is 0 Å². The minimum atomic E-state index is -1.68. The summed E-state index contributed by atoms with van der Waals surface area (Å²) in [7, 11) is -1.68. The van der Waals surface area contributed by atoms with E-state index < -0.39 is 8.07 Å². The van der Waals surface area contributed by atoms with Gasteiger partial charge in [-0.15, -0.1) is 0 Å². The Hall–Kier alpha value is -2.14. The van der Waals surface area contributed by atoms with Gasteiger partial charge in [-0.25, -0.2) is 0 Å². The number of benzene rings is 1. The topological polar surface area (TPSA) is 53.4 Å². The van der Waals surface area contributed by atoms with Crippen molar-refractivity contribution >= 4 is 19.2 Å². The van der Waals surface area contributed by atoms with Crippen molar-refractivity contribution in [3.8, 4) is 16.9 Å². The molecule has 0 aliphatic heterocycles. The molecule has 128 valence electrons. The van der Waals surface area contributed by atoms with Gasteiger partial charge in [0.15, 0.2) is 0 Å². The van der Waals surface area contributed by atoms with Gasteiger partial charge in [0.1, 0.15) is 5.75 Å². The quantitative estimate of drug-likeness (QED) is 0.846. The third-order valence-corrected chi connectivity index (χ3v) is 6.26. The van der Waals surface area contributed by atoms with Crippen molar-refractivity contribution in [2.24, 2.45) is 0 Å². The number of hydrogen-bond acceptors (Lipinski definition) is 3. The van der Waals surface area contributed by atoms with E-state index in [0.29, 0.717) is 24.2 Å². The largest absolute Gasteiger partial charge is 0.507 e. The summed E-state index contributed by atoms with van der Waals surface area (Å²) < 4.78 is 0. The lowest BCUT2D eigenvalue weighted by molar-refractivity contribution is 0.0773. The van der Waals surface area contributed by atoms with Crippen LogP contribution in [0.25, 0.3) is 11.1 Å². The first kappa shape index (κ1) is 18.2. The van der Waals surface area contributed by atoms with Crippen molar-refractivity contribution in [1.82, 2.24) is 9.88 Å². The average molecular weight is 343 g/mol. The van der Waals surface area contributed by atoms with Crippen molar-refractivity contribution < 1.29 is 9.90 Å². The Balaban J connectivity index is 2.62. The van der Waals surface area contributed by atoms with Crippen LogP contribution in [-0.4, -0.2) is 42.1 Å². The van der Waals surface area contributed by atoms with Crippen LogP contribution in [0.1, 0.15) is 24.2 Å². The number of pyridine rings is 1. The highest BCUT2D eigenvalue weighted by Gasteiger charge is 2.24. The van der Waals surface area contributed by atoms with Gasteiger partial charge < -0.3 is 10.0 Å². The summed E-state index contributed by atoms with van der Waals surface area (Å²) >= 11 is 0. The maximum atomic E-state index is 12.8. The molecule has 0 saturated carbocycles.